The van der Waals surface area contributed by atoms with E-state index in [0.29, 0.717) is 18.7 Å². The summed E-state index contributed by atoms with van der Waals surface area (Å²) in [6, 6.07) is 1.45. The van der Waals surface area contributed by atoms with Gasteiger partial charge in [-0.05, 0) is 38.3 Å². The fourth-order valence-electron chi connectivity index (χ4n) is 3.62. The second-order valence-electron chi connectivity index (χ2n) is 8.24. The van der Waals surface area contributed by atoms with Crippen molar-refractivity contribution in [1.82, 2.24) is 14.8 Å². The Hall–Kier alpha value is -2.41. The number of likely N-dealkylation sites (N-methyl/N-ethyl adjacent to an activating group) is 1. The SMILES string of the molecule is C/C=C/c1cnc2c(c1)C(=O)N([C@H](C)CO)C[C@@H](C)[C@H](CN(C)C(=O)C1CC1)O2. The smallest absolute Gasteiger partial charge is 0.259 e. The highest BCUT2D eigenvalue weighted by Crippen LogP contribution is 2.32. The number of hydrogen-bond donors (Lipinski definition) is 1. The number of pyridine rings is 1. The molecule has 29 heavy (non-hydrogen) atoms. The van der Waals surface area contributed by atoms with Gasteiger partial charge < -0.3 is 19.6 Å². The number of aliphatic hydroxyl groups is 1. The van der Waals surface area contributed by atoms with Crippen molar-refractivity contribution in [2.24, 2.45) is 11.8 Å². The van der Waals surface area contributed by atoms with Crippen LogP contribution in [0.2, 0.25) is 0 Å². The maximum Gasteiger partial charge on any atom is 0.259 e. The molecular weight excluding hydrogens is 370 g/mol. The number of carbonyl (C=O) groups excluding carboxylic acids is 2. The van der Waals surface area contributed by atoms with Crippen LogP contribution >= 0.6 is 0 Å². The summed E-state index contributed by atoms with van der Waals surface area (Å²) in [7, 11) is 1.80. The minimum absolute atomic E-state index is 0.0347. The lowest BCUT2D eigenvalue weighted by molar-refractivity contribution is -0.132. The Morgan fingerprint density at radius 1 is 1.48 bits per heavy atom. The van der Waals surface area contributed by atoms with E-state index in [-0.39, 0.29) is 48.3 Å². The summed E-state index contributed by atoms with van der Waals surface area (Å²) in [5.41, 5.74) is 1.19. The van der Waals surface area contributed by atoms with Crippen molar-refractivity contribution in [3.63, 3.8) is 0 Å². The summed E-state index contributed by atoms with van der Waals surface area (Å²) in [6.45, 7) is 6.48. The van der Waals surface area contributed by atoms with Gasteiger partial charge in [0.05, 0.1) is 19.2 Å². The predicted molar refractivity (Wildman–Crippen MR) is 110 cm³/mol. The molecule has 2 amide bonds. The number of rotatable bonds is 6. The number of allylic oxidation sites excluding steroid dienone is 1. The molecule has 3 atom stereocenters. The molecule has 7 nitrogen and oxygen atoms in total. The van der Waals surface area contributed by atoms with Crippen LogP contribution in [0.1, 0.15) is 49.5 Å². The third-order valence-electron chi connectivity index (χ3n) is 5.66. The van der Waals surface area contributed by atoms with Gasteiger partial charge in [-0.25, -0.2) is 4.98 Å². The van der Waals surface area contributed by atoms with Crippen LogP contribution in [0, 0.1) is 11.8 Å². The molecule has 1 saturated carbocycles. The zero-order valence-corrected chi connectivity index (χ0v) is 17.7. The largest absolute Gasteiger partial charge is 0.472 e. The third kappa shape index (κ3) is 4.78. The molecule has 1 aromatic rings. The summed E-state index contributed by atoms with van der Waals surface area (Å²) in [4.78, 5) is 33.5. The molecule has 1 fully saturated rings. The Kier molecular flexibility index (Phi) is 6.57. The predicted octanol–water partition coefficient (Wildman–Crippen LogP) is 2.20. The van der Waals surface area contributed by atoms with Gasteiger partial charge in [-0.2, -0.15) is 0 Å². The summed E-state index contributed by atoms with van der Waals surface area (Å²) >= 11 is 0. The molecule has 1 aliphatic carbocycles. The Morgan fingerprint density at radius 3 is 2.83 bits per heavy atom. The van der Waals surface area contributed by atoms with Gasteiger partial charge in [-0.3, -0.25) is 9.59 Å². The summed E-state index contributed by atoms with van der Waals surface area (Å²) in [5, 5.41) is 9.69. The van der Waals surface area contributed by atoms with E-state index in [1.165, 1.54) is 0 Å². The van der Waals surface area contributed by atoms with Crippen LogP contribution in [-0.2, 0) is 4.79 Å². The van der Waals surface area contributed by atoms with Crippen molar-refractivity contribution in [3.8, 4) is 5.88 Å². The second-order valence-corrected chi connectivity index (χ2v) is 8.24. The van der Waals surface area contributed by atoms with Crippen LogP contribution in [0.25, 0.3) is 6.08 Å². The molecule has 1 N–H and O–H groups in total. The number of aromatic nitrogens is 1. The Bertz CT molecular complexity index is 790. The monoisotopic (exact) mass is 401 g/mol. The number of carbonyl (C=O) groups is 2. The minimum Gasteiger partial charge on any atom is -0.472 e. The van der Waals surface area contributed by atoms with Gasteiger partial charge in [0.2, 0.25) is 11.8 Å². The number of fused-ring (bicyclic) bond motifs is 1. The van der Waals surface area contributed by atoms with Crippen LogP contribution in [0.5, 0.6) is 5.88 Å². The lowest BCUT2D eigenvalue weighted by Gasteiger charge is -2.37. The van der Waals surface area contributed by atoms with Crippen LogP contribution < -0.4 is 4.74 Å². The Balaban J connectivity index is 1.93. The maximum absolute atomic E-state index is 13.2. The molecule has 2 aliphatic rings. The molecule has 0 bridgehead atoms. The van der Waals surface area contributed by atoms with Crippen molar-refractivity contribution in [3.05, 3.63) is 29.5 Å². The molecule has 0 radical (unpaired) electrons. The van der Waals surface area contributed by atoms with Crippen LogP contribution in [0.15, 0.2) is 18.3 Å². The van der Waals surface area contributed by atoms with Gasteiger partial charge in [0.15, 0.2) is 0 Å². The van der Waals surface area contributed by atoms with Crippen molar-refractivity contribution in [2.45, 2.75) is 45.8 Å². The normalized spacial score (nSPS) is 23.2. The van der Waals surface area contributed by atoms with E-state index in [4.69, 9.17) is 4.74 Å². The Labute approximate surface area is 172 Å². The number of hydrogen-bond acceptors (Lipinski definition) is 5. The fraction of sp³-hybridized carbons (Fsp3) is 0.591. The highest BCUT2D eigenvalue weighted by Gasteiger charge is 2.37. The molecule has 1 aliphatic heterocycles. The van der Waals surface area contributed by atoms with Gasteiger partial charge >= 0.3 is 0 Å². The van der Waals surface area contributed by atoms with Crippen molar-refractivity contribution in [2.75, 3.05) is 26.7 Å². The van der Waals surface area contributed by atoms with Crippen molar-refractivity contribution >= 4 is 17.9 Å². The molecule has 2 heterocycles. The van der Waals surface area contributed by atoms with E-state index in [1.807, 2.05) is 32.9 Å². The average Bonchev–Trinajstić information content (AvgIpc) is 3.55. The van der Waals surface area contributed by atoms with Crippen LogP contribution in [0.3, 0.4) is 0 Å². The zero-order valence-electron chi connectivity index (χ0n) is 17.7. The molecule has 158 valence electrons. The van der Waals surface area contributed by atoms with Gasteiger partial charge in [0, 0.05) is 31.6 Å². The van der Waals surface area contributed by atoms with E-state index in [1.54, 1.807) is 29.1 Å². The first-order valence-corrected chi connectivity index (χ1v) is 10.3. The van der Waals surface area contributed by atoms with E-state index in [2.05, 4.69) is 4.98 Å². The van der Waals surface area contributed by atoms with Crippen LogP contribution in [0.4, 0.5) is 0 Å². The fourth-order valence-corrected chi connectivity index (χ4v) is 3.62. The van der Waals surface area contributed by atoms with Gasteiger partial charge in [-0.1, -0.05) is 19.1 Å². The molecule has 0 saturated heterocycles. The topological polar surface area (TPSA) is 83.0 Å². The van der Waals surface area contributed by atoms with Crippen molar-refractivity contribution in [1.29, 1.82) is 0 Å². The van der Waals surface area contributed by atoms with Crippen LogP contribution in [-0.4, -0.2) is 70.6 Å². The zero-order chi connectivity index (χ0) is 21.1. The van der Waals surface area contributed by atoms with E-state index in [9.17, 15) is 14.7 Å². The Morgan fingerprint density at radius 2 is 2.21 bits per heavy atom. The second kappa shape index (κ2) is 8.95. The number of amides is 2. The number of aliphatic hydroxyl groups excluding tert-OH is 1. The molecule has 0 spiro atoms. The molecule has 0 aromatic carbocycles. The quantitative estimate of drug-likeness (QED) is 0.790. The van der Waals surface area contributed by atoms with E-state index >= 15 is 0 Å². The first-order valence-electron chi connectivity index (χ1n) is 10.3. The van der Waals surface area contributed by atoms with Gasteiger partial charge in [0.25, 0.3) is 5.91 Å². The lowest BCUT2D eigenvalue weighted by atomic mass is 9.99. The third-order valence-corrected chi connectivity index (χ3v) is 5.66. The lowest BCUT2D eigenvalue weighted by Crippen LogP contribution is -2.50. The summed E-state index contributed by atoms with van der Waals surface area (Å²) in [5.74, 6) is 0.337. The summed E-state index contributed by atoms with van der Waals surface area (Å²) < 4.78 is 6.20. The highest BCUT2D eigenvalue weighted by atomic mass is 16.5. The molecule has 1 aromatic heterocycles. The number of nitrogens with zero attached hydrogens (tertiary/aromatic N) is 3. The maximum atomic E-state index is 13.2. The molecule has 3 rings (SSSR count). The molecular formula is C22H31N3O4. The first kappa shape index (κ1) is 21.3. The van der Waals surface area contributed by atoms with E-state index < -0.39 is 0 Å². The molecule has 7 heteroatoms. The minimum atomic E-state index is -0.326. The van der Waals surface area contributed by atoms with Gasteiger partial charge in [0.1, 0.15) is 11.7 Å². The standard InChI is InChI=1S/C22H31N3O4/c1-5-6-16-9-18-20(23-10-16)29-19(12-24(4)21(27)17-7-8-17)14(2)11-25(22(18)28)15(3)13-26/h5-6,9-10,14-15,17,19,26H,7-8,11-13H2,1-4H3/b6-5+/t14-,15-,19+/m1/s1. The molecule has 0 unspecified atom stereocenters. The van der Waals surface area contributed by atoms with Crippen molar-refractivity contribution < 1.29 is 19.4 Å². The number of ether oxygens (including phenoxy) is 1. The summed E-state index contributed by atoms with van der Waals surface area (Å²) in [6.07, 6.45) is 7.05. The first-order chi connectivity index (χ1) is 13.8. The highest BCUT2D eigenvalue weighted by molar-refractivity contribution is 5.97. The van der Waals surface area contributed by atoms with Gasteiger partial charge in [-0.15, -0.1) is 0 Å². The average molecular weight is 402 g/mol. The van der Waals surface area contributed by atoms with E-state index in [0.717, 1.165) is 18.4 Å².